The van der Waals surface area contributed by atoms with Gasteiger partial charge in [0.15, 0.2) is 0 Å². The number of halogens is 5. The number of carbonyl (C=O) groups is 1. The summed E-state index contributed by atoms with van der Waals surface area (Å²) in [5.41, 5.74) is -0.123. The molecule has 0 bridgehead atoms. The zero-order valence-corrected chi connectivity index (χ0v) is 9.98. The van der Waals surface area contributed by atoms with Crippen molar-refractivity contribution in [3.8, 4) is 5.75 Å². The molecule has 1 heterocycles. The van der Waals surface area contributed by atoms with Crippen molar-refractivity contribution in [1.29, 1.82) is 0 Å². The Hall–Kier alpha value is -1.70. The van der Waals surface area contributed by atoms with Crippen molar-refractivity contribution in [2.75, 3.05) is 6.61 Å². The maximum Gasteiger partial charge on any atom is 0.573 e. The molecule has 0 radical (unpaired) electrons. The number of alkyl halides is 3. The van der Waals surface area contributed by atoms with Crippen molar-refractivity contribution >= 4 is 18.5 Å². The van der Waals surface area contributed by atoms with E-state index in [1.165, 1.54) is 0 Å². The van der Waals surface area contributed by atoms with Crippen LogP contribution in [0.4, 0.5) is 22.4 Å². The Bertz CT molecular complexity index is 480. The van der Waals surface area contributed by atoms with Gasteiger partial charge in [-0.15, -0.1) is 25.6 Å². The molecule has 1 atom stereocenters. The van der Waals surface area contributed by atoms with Crippen molar-refractivity contribution in [1.82, 2.24) is 5.32 Å². The molecule has 0 aliphatic carbocycles. The van der Waals surface area contributed by atoms with E-state index in [1.807, 2.05) is 0 Å². The molecular weight excluding hydrogens is 294 g/mol. The minimum atomic E-state index is -4.86. The Morgan fingerprint density at radius 1 is 1.37 bits per heavy atom. The molecule has 4 nitrogen and oxygen atoms in total. The van der Waals surface area contributed by atoms with Gasteiger partial charge in [0.1, 0.15) is 18.2 Å². The minimum absolute atomic E-state index is 0. The van der Waals surface area contributed by atoms with Crippen LogP contribution in [0.3, 0.4) is 0 Å². The number of nitrogens with one attached hydrogen (secondary N) is 1. The molecule has 1 aliphatic heterocycles. The highest BCUT2D eigenvalue weighted by molar-refractivity contribution is 5.85. The number of rotatable bonds is 2. The average Bonchev–Trinajstić information content (AvgIpc) is 2.66. The topological polar surface area (TPSA) is 47.6 Å². The normalized spacial score (nSPS) is 18.3. The molecule has 1 aromatic rings. The van der Waals surface area contributed by atoms with Crippen LogP contribution in [0.1, 0.15) is 11.6 Å². The number of carbonyl (C=O) groups excluding carboxylic acids is 1. The van der Waals surface area contributed by atoms with Crippen LogP contribution in [0, 0.1) is 5.82 Å². The van der Waals surface area contributed by atoms with Gasteiger partial charge in [0, 0.05) is 5.56 Å². The van der Waals surface area contributed by atoms with Gasteiger partial charge in [-0.3, -0.25) is 0 Å². The molecule has 106 valence electrons. The van der Waals surface area contributed by atoms with E-state index in [9.17, 15) is 22.4 Å². The van der Waals surface area contributed by atoms with Gasteiger partial charge in [-0.05, 0) is 18.2 Å². The fourth-order valence-corrected chi connectivity index (χ4v) is 1.54. The number of amides is 1. The second-order valence-corrected chi connectivity index (χ2v) is 3.53. The number of alkyl carbamates (subject to hydrolysis) is 1. The highest BCUT2D eigenvalue weighted by atomic mass is 35.5. The Balaban J connectivity index is 0.00000180. The van der Waals surface area contributed by atoms with Crippen LogP contribution in [0.25, 0.3) is 0 Å². The van der Waals surface area contributed by atoms with Gasteiger partial charge >= 0.3 is 12.5 Å². The molecule has 1 aromatic carbocycles. The fourth-order valence-electron chi connectivity index (χ4n) is 1.54. The highest BCUT2D eigenvalue weighted by Gasteiger charge is 2.32. The first-order valence-electron chi connectivity index (χ1n) is 4.83. The van der Waals surface area contributed by atoms with E-state index in [0.29, 0.717) is 0 Å². The smallest absolute Gasteiger partial charge is 0.447 e. The van der Waals surface area contributed by atoms with Gasteiger partial charge in [-0.1, -0.05) is 0 Å². The summed E-state index contributed by atoms with van der Waals surface area (Å²) >= 11 is 0. The van der Waals surface area contributed by atoms with E-state index in [4.69, 9.17) is 0 Å². The van der Waals surface area contributed by atoms with Crippen LogP contribution in [0.15, 0.2) is 18.2 Å². The number of hydrogen-bond acceptors (Lipinski definition) is 3. The monoisotopic (exact) mass is 301 g/mol. The van der Waals surface area contributed by atoms with Crippen LogP contribution in [0.2, 0.25) is 0 Å². The summed E-state index contributed by atoms with van der Waals surface area (Å²) in [6.45, 7) is -0.148. The SMILES string of the molecule is Cl.O=C1N[C@@H](c2cc(OC(F)(F)F)ccc2F)CO1. The molecule has 0 unspecified atom stereocenters. The third-order valence-electron chi connectivity index (χ3n) is 2.25. The molecule has 1 saturated heterocycles. The second kappa shape index (κ2) is 5.52. The van der Waals surface area contributed by atoms with Gasteiger partial charge in [0.25, 0.3) is 0 Å². The predicted octanol–water partition coefficient (Wildman–Crippen LogP) is 2.93. The first-order chi connectivity index (χ1) is 8.35. The zero-order valence-electron chi connectivity index (χ0n) is 9.16. The van der Waals surface area contributed by atoms with Gasteiger partial charge in [0.05, 0.1) is 6.04 Å². The van der Waals surface area contributed by atoms with Gasteiger partial charge < -0.3 is 14.8 Å². The lowest BCUT2D eigenvalue weighted by Crippen LogP contribution is -2.20. The molecule has 1 aliphatic rings. The van der Waals surface area contributed by atoms with E-state index in [-0.39, 0.29) is 24.6 Å². The summed E-state index contributed by atoms with van der Waals surface area (Å²) in [5.74, 6) is -1.31. The van der Waals surface area contributed by atoms with E-state index < -0.39 is 30.1 Å². The lowest BCUT2D eigenvalue weighted by Gasteiger charge is -2.13. The van der Waals surface area contributed by atoms with Crippen molar-refractivity contribution in [2.24, 2.45) is 0 Å². The summed E-state index contributed by atoms with van der Waals surface area (Å²) in [5, 5.41) is 2.26. The first kappa shape index (κ1) is 15.4. The summed E-state index contributed by atoms with van der Waals surface area (Å²) < 4.78 is 57.6. The number of ether oxygens (including phenoxy) is 2. The minimum Gasteiger partial charge on any atom is -0.447 e. The van der Waals surface area contributed by atoms with Crippen LogP contribution in [-0.4, -0.2) is 19.1 Å². The molecule has 1 amide bonds. The third-order valence-corrected chi connectivity index (χ3v) is 2.25. The predicted molar refractivity (Wildman–Crippen MR) is 57.6 cm³/mol. The van der Waals surface area contributed by atoms with Crippen LogP contribution < -0.4 is 10.1 Å². The maximum absolute atomic E-state index is 13.4. The largest absolute Gasteiger partial charge is 0.573 e. The maximum atomic E-state index is 13.4. The van der Waals surface area contributed by atoms with Crippen molar-refractivity contribution in [3.63, 3.8) is 0 Å². The Morgan fingerprint density at radius 3 is 2.58 bits per heavy atom. The third kappa shape index (κ3) is 3.88. The highest BCUT2D eigenvalue weighted by Crippen LogP contribution is 2.28. The summed E-state index contributed by atoms with van der Waals surface area (Å²) in [7, 11) is 0. The molecular formula is C10H8ClF4NO3. The molecule has 0 saturated carbocycles. The lowest BCUT2D eigenvalue weighted by molar-refractivity contribution is -0.274. The molecule has 19 heavy (non-hydrogen) atoms. The van der Waals surface area contributed by atoms with E-state index in [0.717, 1.165) is 18.2 Å². The van der Waals surface area contributed by atoms with E-state index in [1.54, 1.807) is 0 Å². The van der Waals surface area contributed by atoms with E-state index in [2.05, 4.69) is 14.8 Å². The van der Waals surface area contributed by atoms with Crippen LogP contribution >= 0.6 is 12.4 Å². The van der Waals surface area contributed by atoms with Crippen molar-refractivity contribution < 1.29 is 31.8 Å². The van der Waals surface area contributed by atoms with E-state index >= 15 is 0 Å². The average molecular weight is 302 g/mol. The number of benzene rings is 1. The molecule has 1 N–H and O–H groups in total. The molecule has 0 spiro atoms. The zero-order chi connectivity index (χ0) is 13.3. The first-order valence-corrected chi connectivity index (χ1v) is 4.83. The van der Waals surface area contributed by atoms with Crippen molar-refractivity contribution in [3.05, 3.63) is 29.6 Å². The standard InChI is InChI=1S/C10H7F4NO3.ClH/c11-7-2-1-5(18-10(12,13)14)3-6(7)8-4-17-9(16)15-8;/h1-3,8H,4H2,(H,15,16);1H/t8-;/m1./s1. The summed E-state index contributed by atoms with van der Waals surface area (Å²) in [6.07, 6.45) is -5.61. The lowest BCUT2D eigenvalue weighted by atomic mass is 10.1. The Morgan fingerprint density at radius 2 is 2.05 bits per heavy atom. The summed E-state index contributed by atoms with van der Waals surface area (Å²) in [4.78, 5) is 10.8. The Kier molecular flexibility index (Phi) is 4.46. The number of cyclic esters (lactones) is 1. The molecule has 9 heteroatoms. The van der Waals surface area contributed by atoms with Gasteiger partial charge in [0.2, 0.25) is 0 Å². The second-order valence-electron chi connectivity index (χ2n) is 3.53. The number of hydrogen-bond donors (Lipinski definition) is 1. The quantitative estimate of drug-likeness (QED) is 0.854. The molecule has 1 fully saturated rings. The van der Waals surface area contributed by atoms with Gasteiger partial charge in [-0.25, -0.2) is 9.18 Å². The Labute approximate surface area is 111 Å². The van der Waals surface area contributed by atoms with Crippen LogP contribution in [-0.2, 0) is 4.74 Å². The molecule has 0 aromatic heterocycles. The van der Waals surface area contributed by atoms with Gasteiger partial charge in [-0.2, -0.15) is 0 Å². The molecule has 2 rings (SSSR count). The summed E-state index contributed by atoms with van der Waals surface area (Å²) in [6, 6.07) is 1.74. The fraction of sp³-hybridized carbons (Fsp3) is 0.300. The van der Waals surface area contributed by atoms with Crippen LogP contribution in [0.5, 0.6) is 5.75 Å². The van der Waals surface area contributed by atoms with Crippen molar-refractivity contribution in [2.45, 2.75) is 12.4 Å².